The molecule has 4 nitrogen and oxygen atoms in total. The van der Waals surface area contributed by atoms with Crippen LogP contribution in [0.15, 0.2) is 0 Å². The first-order valence-electron chi connectivity index (χ1n) is 6.01. The van der Waals surface area contributed by atoms with E-state index in [2.05, 4.69) is 41.4 Å². The number of halogens is 1. The predicted molar refractivity (Wildman–Crippen MR) is 76.6 cm³/mol. The van der Waals surface area contributed by atoms with Gasteiger partial charge >= 0.3 is 0 Å². The Labute approximate surface area is 114 Å². The topological polar surface area (TPSA) is 49.4 Å². The second-order valence-corrected chi connectivity index (χ2v) is 8.35. The molecule has 0 aliphatic carbocycles. The third-order valence-corrected chi connectivity index (χ3v) is 4.74. The maximum Gasteiger partial charge on any atom is 0.279 e. The van der Waals surface area contributed by atoms with E-state index in [9.17, 15) is 8.42 Å². The summed E-state index contributed by atoms with van der Waals surface area (Å²) >= 11 is 3.51. The summed E-state index contributed by atoms with van der Waals surface area (Å²) in [5.41, 5.74) is 0.189. The van der Waals surface area contributed by atoms with Crippen molar-refractivity contribution in [1.29, 1.82) is 0 Å². The minimum atomic E-state index is -3.32. The first-order chi connectivity index (χ1) is 7.62. The largest absolute Gasteiger partial charge is 0.279 e. The van der Waals surface area contributed by atoms with E-state index >= 15 is 0 Å². The molecule has 0 spiro atoms. The number of nitrogens with one attached hydrogen (secondary N) is 1. The van der Waals surface area contributed by atoms with Crippen molar-refractivity contribution in [1.82, 2.24) is 9.03 Å². The fourth-order valence-electron chi connectivity index (χ4n) is 1.59. The Kier molecular flexibility index (Phi) is 7.21. The summed E-state index contributed by atoms with van der Waals surface area (Å²) in [6.45, 7) is 11.5. The molecule has 0 bridgehead atoms. The average molecular weight is 329 g/mol. The van der Waals surface area contributed by atoms with Crippen molar-refractivity contribution in [2.24, 2.45) is 5.41 Å². The number of rotatable bonds is 7. The summed E-state index contributed by atoms with van der Waals surface area (Å²) in [4.78, 5) is 0.160. The molecule has 17 heavy (non-hydrogen) atoms. The number of nitrogens with zero attached hydrogens (tertiary/aromatic N) is 1. The van der Waals surface area contributed by atoms with Crippen molar-refractivity contribution in [3.05, 3.63) is 0 Å². The van der Waals surface area contributed by atoms with Crippen LogP contribution in [0.25, 0.3) is 0 Å². The molecular formula is C11H25BrN2O2S. The van der Waals surface area contributed by atoms with Gasteiger partial charge in [-0.25, -0.2) is 4.72 Å². The minimum absolute atomic E-state index is 0.160. The molecule has 6 heteroatoms. The van der Waals surface area contributed by atoms with E-state index in [0.717, 1.165) is 6.42 Å². The molecule has 0 fully saturated rings. The van der Waals surface area contributed by atoms with Gasteiger partial charge in [0.2, 0.25) is 0 Å². The molecule has 1 atom stereocenters. The van der Waals surface area contributed by atoms with Gasteiger partial charge < -0.3 is 0 Å². The molecule has 104 valence electrons. The van der Waals surface area contributed by atoms with Gasteiger partial charge in [0.15, 0.2) is 0 Å². The van der Waals surface area contributed by atoms with Gasteiger partial charge in [-0.2, -0.15) is 12.7 Å². The zero-order valence-corrected chi connectivity index (χ0v) is 13.9. The molecule has 0 heterocycles. The zero-order chi connectivity index (χ0) is 13.7. The molecule has 0 aromatic rings. The Hall–Kier alpha value is 0.350. The van der Waals surface area contributed by atoms with Crippen LogP contribution in [0, 0.1) is 5.41 Å². The van der Waals surface area contributed by atoms with E-state index in [0.29, 0.717) is 19.6 Å². The lowest BCUT2D eigenvalue weighted by atomic mass is 9.91. The van der Waals surface area contributed by atoms with Gasteiger partial charge in [-0.3, -0.25) is 0 Å². The summed E-state index contributed by atoms with van der Waals surface area (Å²) in [5, 5.41) is 0. The standard InChI is InChI=1S/C11H25BrN2O2S/c1-6-14(7-2)17(15,16)13-9-10(12)8-11(3,4)5/h10,13H,6-9H2,1-5H3. The van der Waals surface area contributed by atoms with Crippen LogP contribution in [0.3, 0.4) is 0 Å². The van der Waals surface area contributed by atoms with Crippen LogP contribution in [0.1, 0.15) is 41.0 Å². The molecule has 0 saturated carbocycles. The molecular weight excluding hydrogens is 304 g/mol. The summed E-state index contributed by atoms with van der Waals surface area (Å²) in [6, 6.07) is 0. The first-order valence-corrected chi connectivity index (χ1v) is 8.36. The lowest BCUT2D eigenvalue weighted by Crippen LogP contribution is -2.42. The summed E-state index contributed by atoms with van der Waals surface area (Å²) in [6.07, 6.45) is 0.924. The summed E-state index contributed by atoms with van der Waals surface area (Å²) in [7, 11) is -3.32. The SMILES string of the molecule is CCN(CC)S(=O)(=O)NCC(Br)CC(C)(C)C. The first kappa shape index (κ1) is 17.4. The maximum absolute atomic E-state index is 11.9. The maximum atomic E-state index is 11.9. The van der Waals surface area contributed by atoms with Crippen LogP contribution >= 0.6 is 15.9 Å². The van der Waals surface area contributed by atoms with Gasteiger partial charge in [-0.1, -0.05) is 50.5 Å². The smallest absolute Gasteiger partial charge is 0.201 e. The van der Waals surface area contributed by atoms with Crippen LogP contribution in [-0.2, 0) is 10.2 Å². The van der Waals surface area contributed by atoms with E-state index in [-0.39, 0.29) is 10.2 Å². The molecule has 0 aromatic heterocycles. The van der Waals surface area contributed by atoms with Crippen molar-refractivity contribution in [2.45, 2.75) is 45.9 Å². The minimum Gasteiger partial charge on any atom is -0.201 e. The van der Waals surface area contributed by atoms with E-state index in [1.54, 1.807) is 0 Å². The van der Waals surface area contributed by atoms with E-state index in [4.69, 9.17) is 0 Å². The fraction of sp³-hybridized carbons (Fsp3) is 1.00. The zero-order valence-electron chi connectivity index (χ0n) is 11.5. The lowest BCUT2D eigenvalue weighted by molar-refractivity contribution is 0.371. The molecule has 0 aliphatic rings. The molecule has 0 amide bonds. The fourth-order valence-corrected chi connectivity index (χ4v) is 4.21. The van der Waals surface area contributed by atoms with Crippen molar-refractivity contribution in [3.63, 3.8) is 0 Å². The highest BCUT2D eigenvalue weighted by molar-refractivity contribution is 9.09. The molecule has 0 rings (SSSR count). The Balaban J connectivity index is 4.28. The van der Waals surface area contributed by atoms with Crippen molar-refractivity contribution >= 4 is 26.1 Å². The van der Waals surface area contributed by atoms with Gasteiger partial charge in [0, 0.05) is 24.5 Å². The van der Waals surface area contributed by atoms with Crippen molar-refractivity contribution in [2.75, 3.05) is 19.6 Å². The summed E-state index contributed by atoms with van der Waals surface area (Å²) < 4.78 is 27.8. The van der Waals surface area contributed by atoms with Gasteiger partial charge in [0.1, 0.15) is 0 Å². The number of alkyl halides is 1. The highest BCUT2D eigenvalue weighted by atomic mass is 79.9. The second kappa shape index (κ2) is 7.07. The highest BCUT2D eigenvalue weighted by Crippen LogP contribution is 2.24. The average Bonchev–Trinajstić information content (AvgIpc) is 2.14. The Bertz CT molecular complexity index is 308. The third kappa shape index (κ3) is 7.39. The Morgan fingerprint density at radius 2 is 1.71 bits per heavy atom. The molecule has 1 unspecified atom stereocenters. The molecule has 1 N–H and O–H groups in total. The monoisotopic (exact) mass is 328 g/mol. The second-order valence-electron chi connectivity index (χ2n) is 5.30. The van der Waals surface area contributed by atoms with Crippen LogP contribution in [0.5, 0.6) is 0 Å². The molecule has 0 radical (unpaired) electrons. The lowest BCUT2D eigenvalue weighted by Gasteiger charge is -2.24. The van der Waals surface area contributed by atoms with Crippen LogP contribution in [0.2, 0.25) is 0 Å². The Morgan fingerprint density at radius 1 is 1.24 bits per heavy atom. The highest BCUT2D eigenvalue weighted by Gasteiger charge is 2.21. The van der Waals surface area contributed by atoms with Crippen LogP contribution in [0.4, 0.5) is 0 Å². The Morgan fingerprint density at radius 3 is 2.06 bits per heavy atom. The predicted octanol–water partition coefficient (Wildman–Crippen LogP) is 2.36. The van der Waals surface area contributed by atoms with Gasteiger partial charge in [0.25, 0.3) is 10.2 Å². The third-order valence-electron chi connectivity index (χ3n) is 2.37. The summed E-state index contributed by atoms with van der Waals surface area (Å²) in [5.74, 6) is 0. The van der Waals surface area contributed by atoms with Crippen LogP contribution < -0.4 is 4.72 Å². The van der Waals surface area contributed by atoms with Crippen molar-refractivity contribution in [3.8, 4) is 0 Å². The van der Waals surface area contributed by atoms with Crippen LogP contribution in [-0.4, -0.2) is 37.2 Å². The van der Waals surface area contributed by atoms with E-state index < -0.39 is 10.2 Å². The molecule has 0 saturated heterocycles. The molecule has 0 aliphatic heterocycles. The van der Waals surface area contributed by atoms with Gasteiger partial charge in [0.05, 0.1) is 0 Å². The quantitative estimate of drug-likeness (QED) is 0.729. The van der Waals surface area contributed by atoms with Crippen molar-refractivity contribution < 1.29 is 8.42 Å². The normalized spacial score (nSPS) is 15.2. The number of hydrogen-bond acceptors (Lipinski definition) is 2. The van der Waals surface area contributed by atoms with E-state index in [1.165, 1.54) is 4.31 Å². The molecule has 0 aromatic carbocycles. The van der Waals surface area contributed by atoms with Gasteiger partial charge in [-0.15, -0.1) is 0 Å². The van der Waals surface area contributed by atoms with Gasteiger partial charge in [-0.05, 0) is 11.8 Å². The van der Waals surface area contributed by atoms with E-state index in [1.807, 2.05) is 13.8 Å². The number of hydrogen-bond donors (Lipinski definition) is 1.